The number of nitrogens with one attached hydrogen (secondary N) is 1. The normalized spacial score (nSPS) is 12.8. The van der Waals surface area contributed by atoms with Crippen LogP contribution in [0.1, 0.15) is 38.7 Å². The first-order chi connectivity index (χ1) is 7.65. The molecule has 0 radical (unpaired) electrons. The molecule has 3 N–H and O–H groups in total. The molecule has 90 valence electrons. The maximum Gasteiger partial charge on any atom is 0.0375 e. The molecule has 0 bridgehead atoms. The molecule has 1 unspecified atom stereocenters. The van der Waals surface area contributed by atoms with Crippen LogP contribution in [-0.4, -0.2) is 13.1 Å². The minimum absolute atomic E-state index is 0.563. The number of rotatable bonds is 6. The van der Waals surface area contributed by atoms with Gasteiger partial charge in [-0.3, -0.25) is 0 Å². The third-order valence-corrected chi connectivity index (χ3v) is 2.88. The molecule has 0 amide bonds. The summed E-state index contributed by atoms with van der Waals surface area (Å²) in [5, 5.41) is 3.52. The Morgan fingerprint density at radius 3 is 2.50 bits per heavy atom. The van der Waals surface area contributed by atoms with Crippen LogP contribution in [0.5, 0.6) is 0 Å². The van der Waals surface area contributed by atoms with Crippen molar-refractivity contribution in [3.05, 3.63) is 29.8 Å². The van der Waals surface area contributed by atoms with Crippen LogP contribution < -0.4 is 11.1 Å². The predicted octanol–water partition coefficient (Wildman–Crippen LogP) is 3.21. The Balaban J connectivity index is 2.59. The average Bonchev–Trinajstić information content (AvgIpc) is 2.27. The summed E-state index contributed by atoms with van der Waals surface area (Å²) in [6, 6.07) is 8.54. The molecule has 0 aliphatic carbocycles. The van der Waals surface area contributed by atoms with E-state index in [1.165, 1.54) is 11.3 Å². The fourth-order valence-electron chi connectivity index (χ4n) is 1.83. The largest absolute Gasteiger partial charge is 0.385 e. The quantitative estimate of drug-likeness (QED) is 0.772. The maximum absolute atomic E-state index is 5.55. The number of para-hydroxylation sites is 1. The van der Waals surface area contributed by atoms with E-state index in [0.29, 0.717) is 11.8 Å². The second kappa shape index (κ2) is 6.54. The van der Waals surface area contributed by atoms with Crippen LogP contribution in [0, 0.1) is 5.92 Å². The average molecular weight is 220 g/mol. The van der Waals surface area contributed by atoms with Crippen LogP contribution in [0.3, 0.4) is 0 Å². The van der Waals surface area contributed by atoms with Crippen molar-refractivity contribution < 1.29 is 0 Å². The van der Waals surface area contributed by atoms with Gasteiger partial charge in [0.1, 0.15) is 0 Å². The highest BCUT2D eigenvalue weighted by Gasteiger charge is 2.06. The van der Waals surface area contributed by atoms with Gasteiger partial charge in [-0.25, -0.2) is 0 Å². The number of hydrogen-bond acceptors (Lipinski definition) is 2. The Bertz CT molecular complexity index is 307. The fraction of sp³-hybridized carbons (Fsp3) is 0.571. The van der Waals surface area contributed by atoms with Crippen molar-refractivity contribution in [1.82, 2.24) is 0 Å². The first-order valence-electron chi connectivity index (χ1n) is 6.18. The predicted molar refractivity (Wildman–Crippen MR) is 71.9 cm³/mol. The molecule has 0 aliphatic rings. The van der Waals surface area contributed by atoms with E-state index in [9.17, 15) is 0 Å². The zero-order valence-corrected chi connectivity index (χ0v) is 10.7. The van der Waals surface area contributed by atoms with Gasteiger partial charge in [0, 0.05) is 12.2 Å². The molecule has 0 saturated carbocycles. The van der Waals surface area contributed by atoms with Gasteiger partial charge >= 0.3 is 0 Å². The number of anilines is 1. The summed E-state index contributed by atoms with van der Waals surface area (Å²) >= 11 is 0. The minimum atomic E-state index is 0.563. The molecule has 2 nitrogen and oxygen atoms in total. The van der Waals surface area contributed by atoms with Crippen LogP contribution in [0.4, 0.5) is 5.69 Å². The van der Waals surface area contributed by atoms with Gasteiger partial charge in [-0.2, -0.15) is 0 Å². The highest BCUT2D eigenvalue weighted by Crippen LogP contribution is 2.23. The van der Waals surface area contributed by atoms with E-state index < -0.39 is 0 Å². The molecule has 0 saturated heterocycles. The molecule has 0 aliphatic heterocycles. The molecule has 0 spiro atoms. The van der Waals surface area contributed by atoms with Crippen LogP contribution in [0.2, 0.25) is 0 Å². The van der Waals surface area contributed by atoms with Crippen LogP contribution in [-0.2, 0) is 0 Å². The molecular weight excluding hydrogens is 196 g/mol. The molecule has 1 aromatic carbocycles. The molecule has 0 heterocycles. The molecule has 1 aromatic rings. The summed E-state index contributed by atoms with van der Waals surface area (Å²) in [5.74, 6) is 1.19. The van der Waals surface area contributed by atoms with Gasteiger partial charge in [-0.1, -0.05) is 39.0 Å². The van der Waals surface area contributed by atoms with Gasteiger partial charge < -0.3 is 11.1 Å². The van der Waals surface area contributed by atoms with Crippen LogP contribution >= 0.6 is 0 Å². The highest BCUT2D eigenvalue weighted by molar-refractivity contribution is 5.52. The Labute approximate surface area is 99.2 Å². The Morgan fingerprint density at radius 2 is 1.88 bits per heavy atom. The van der Waals surface area contributed by atoms with Crippen molar-refractivity contribution in [2.75, 3.05) is 18.4 Å². The van der Waals surface area contributed by atoms with Crippen LogP contribution in [0.15, 0.2) is 24.3 Å². The molecule has 2 heteroatoms. The van der Waals surface area contributed by atoms with Crippen LogP contribution in [0.25, 0.3) is 0 Å². The summed E-state index contributed by atoms with van der Waals surface area (Å²) in [6.45, 7) is 8.46. The SMILES string of the molecule is CC(CCN)CNc1ccccc1C(C)C. The number of hydrogen-bond donors (Lipinski definition) is 2. The van der Waals surface area contributed by atoms with Crippen molar-refractivity contribution >= 4 is 5.69 Å². The van der Waals surface area contributed by atoms with Gasteiger partial charge in [-0.15, -0.1) is 0 Å². The summed E-state index contributed by atoms with van der Waals surface area (Å²) < 4.78 is 0. The Morgan fingerprint density at radius 1 is 1.19 bits per heavy atom. The Kier molecular flexibility index (Phi) is 5.33. The molecular formula is C14H24N2. The first-order valence-corrected chi connectivity index (χ1v) is 6.18. The monoisotopic (exact) mass is 220 g/mol. The van der Waals surface area contributed by atoms with Gasteiger partial charge in [0.05, 0.1) is 0 Å². The summed E-state index contributed by atoms with van der Waals surface area (Å²) in [4.78, 5) is 0. The van der Waals surface area contributed by atoms with Crippen molar-refractivity contribution in [3.8, 4) is 0 Å². The maximum atomic E-state index is 5.55. The van der Waals surface area contributed by atoms with E-state index in [-0.39, 0.29) is 0 Å². The van der Waals surface area contributed by atoms with E-state index >= 15 is 0 Å². The van der Waals surface area contributed by atoms with Crippen molar-refractivity contribution in [2.45, 2.75) is 33.1 Å². The van der Waals surface area contributed by atoms with Gasteiger partial charge in [0.2, 0.25) is 0 Å². The van der Waals surface area contributed by atoms with Crippen molar-refractivity contribution in [3.63, 3.8) is 0 Å². The highest BCUT2D eigenvalue weighted by atomic mass is 14.9. The number of nitrogens with two attached hydrogens (primary N) is 1. The van der Waals surface area contributed by atoms with Gasteiger partial charge in [0.15, 0.2) is 0 Å². The van der Waals surface area contributed by atoms with E-state index in [2.05, 4.69) is 50.4 Å². The smallest absolute Gasteiger partial charge is 0.0375 e. The lowest BCUT2D eigenvalue weighted by atomic mass is 10.0. The molecule has 0 fully saturated rings. The lowest BCUT2D eigenvalue weighted by Gasteiger charge is -2.17. The summed E-state index contributed by atoms with van der Waals surface area (Å²) in [6.07, 6.45) is 1.08. The second-order valence-electron chi connectivity index (χ2n) is 4.81. The van der Waals surface area contributed by atoms with E-state index in [0.717, 1.165) is 19.5 Å². The zero-order valence-electron chi connectivity index (χ0n) is 10.7. The molecule has 1 rings (SSSR count). The second-order valence-corrected chi connectivity index (χ2v) is 4.81. The Hall–Kier alpha value is -1.02. The first kappa shape index (κ1) is 13.0. The summed E-state index contributed by atoms with van der Waals surface area (Å²) in [7, 11) is 0. The standard InChI is InChI=1S/C14H24N2/c1-11(2)13-6-4-5-7-14(13)16-10-12(3)8-9-15/h4-7,11-12,16H,8-10,15H2,1-3H3. The lowest BCUT2D eigenvalue weighted by Crippen LogP contribution is -2.16. The van der Waals surface area contributed by atoms with E-state index in [4.69, 9.17) is 5.73 Å². The van der Waals surface area contributed by atoms with E-state index in [1.807, 2.05) is 0 Å². The van der Waals surface area contributed by atoms with E-state index in [1.54, 1.807) is 0 Å². The van der Waals surface area contributed by atoms with Crippen molar-refractivity contribution in [1.29, 1.82) is 0 Å². The van der Waals surface area contributed by atoms with Gasteiger partial charge in [-0.05, 0) is 36.4 Å². The summed E-state index contributed by atoms with van der Waals surface area (Å²) in [5.41, 5.74) is 8.21. The van der Waals surface area contributed by atoms with Gasteiger partial charge in [0.25, 0.3) is 0 Å². The number of benzene rings is 1. The third kappa shape index (κ3) is 3.86. The fourth-order valence-corrected chi connectivity index (χ4v) is 1.83. The minimum Gasteiger partial charge on any atom is -0.385 e. The molecule has 16 heavy (non-hydrogen) atoms. The van der Waals surface area contributed by atoms with Crippen molar-refractivity contribution in [2.24, 2.45) is 11.7 Å². The molecule has 0 aromatic heterocycles. The topological polar surface area (TPSA) is 38.0 Å². The lowest BCUT2D eigenvalue weighted by molar-refractivity contribution is 0.568. The molecule has 1 atom stereocenters. The zero-order chi connectivity index (χ0) is 12.0. The third-order valence-electron chi connectivity index (χ3n) is 2.88.